The molecular formula is C20H28N4OS. The van der Waals surface area contributed by atoms with Crippen LogP contribution in [0.1, 0.15) is 52.3 Å². The minimum Gasteiger partial charge on any atom is -0.337 e. The molecule has 0 radical (unpaired) electrons. The van der Waals surface area contributed by atoms with Crippen molar-refractivity contribution in [2.45, 2.75) is 51.0 Å². The van der Waals surface area contributed by atoms with Crippen molar-refractivity contribution in [3.05, 3.63) is 39.3 Å². The molecule has 0 spiro atoms. The molecule has 5 nitrogen and oxygen atoms in total. The van der Waals surface area contributed by atoms with Crippen LogP contribution in [-0.2, 0) is 26.3 Å². The number of likely N-dealkylation sites (tertiary alicyclic amines) is 1. The Morgan fingerprint density at radius 1 is 1.35 bits per heavy atom. The maximum absolute atomic E-state index is 13.0. The summed E-state index contributed by atoms with van der Waals surface area (Å²) < 4.78 is 1.94. The molecule has 1 N–H and O–H groups in total. The summed E-state index contributed by atoms with van der Waals surface area (Å²) in [6.07, 6.45) is 7.59. The molecule has 6 heteroatoms. The minimum atomic E-state index is 0.140. The summed E-state index contributed by atoms with van der Waals surface area (Å²) in [4.78, 5) is 16.4. The third kappa shape index (κ3) is 3.71. The molecule has 1 saturated heterocycles. The highest BCUT2D eigenvalue weighted by Gasteiger charge is 2.30. The van der Waals surface area contributed by atoms with E-state index in [2.05, 4.69) is 27.9 Å². The lowest BCUT2D eigenvalue weighted by Crippen LogP contribution is -2.38. The third-order valence-electron chi connectivity index (χ3n) is 5.69. The molecule has 2 aliphatic rings. The first-order chi connectivity index (χ1) is 12.7. The zero-order valence-corrected chi connectivity index (χ0v) is 16.4. The fraction of sp³-hybridized carbons (Fsp3) is 0.600. The number of carbonyl (C=O) groups is 1. The van der Waals surface area contributed by atoms with E-state index in [-0.39, 0.29) is 5.91 Å². The summed E-state index contributed by atoms with van der Waals surface area (Å²) in [5.41, 5.74) is 3.14. The molecule has 2 aromatic rings. The predicted molar refractivity (Wildman–Crippen MR) is 105 cm³/mol. The lowest BCUT2D eigenvalue weighted by molar-refractivity contribution is 0.0716. The van der Waals surface area contributed by atoms with Gasteiger partial charge in [-0.1, -0.05) is 6.07 Å². The number of carbonyl (C=O) groups excluding carboxylic acids is 1. The number of fused-ring (bicyclic) bond motifs is 1. The van der Waals surface area contributed by atoms with Crippen LogP contribution in [-0.4, -0.2) is 46.3 Å². The average Bonchev–Trinajstić information content (AvgIpc) is 3.30. The van der Waals surface area contributed by atoms with Crippen molar-refractivity contribution in [2.24, 2.45) is 7.05 Å². The Labute approximate surface area is 159 Å². The molecule has 2 aromatic heterocycles. The van der Waals surface area contributed by atoms with Gasteiger partial charge in [0.1, 0.15) is 0 Å². The Balaban J connectivity index is 1.42. The summed E-state index contributed by atoms with van der Waals surface area (Å²) in [6.45, 7) is 2.76. The molecule has 1 aliphatic heterocycles. The molecule has 0 bridgehead atoms. The van der Waals surface area contributed by atoms with Gasteiger partial charge in [0.2, 0.25) is 0 Å². The molecule has 26 heavy (non-hydrogen) atoms. The standard InChI is InChI=1S/C20H28N4OS/c1-23-18-8-7-15(21-10-9-16-6-5-13-26-16)14-17(18)19(22-23)20(25)24-11-3-2-4-12-24/h5-6,13,15,21H,2-4,7-12,14H2,1H3. The molecule has 1 aliphatic carbocycles. The number of amides is 1. The number of thiophene rings is 1. The second-order valence-corrected chi connectivity index (χ2v) is 8.51. The van der Waals surface area contributed by atoms with Gasteiger partial charge < -0.3 is 10.2 Å². The fourth-order valence-electron chi connectivity index (χ4n) is 4.24. The van der Waals surface area contributed by atoms with E-state index in [1.54, 1.807) is 0 Å². The minimum absolute atomic E-state index is 0.140. The highest BCUT2D eigenvalue weighted by Crippen LogP contribution is 2.26. The Morgan fingerprint density at radius 3 is 2.96 bits per heavy atom. The first-order valence-electron chi connectivity index (χ1n) is 9.82. The van der Waals surface area contributed by atoms with E-state index in [0.29, 0.717) is 11.7 Å². The van der Waals surface area contributed by atoms with E-state index < -0.39 is 0 Å². The van der Waals surface area contributed by atoms with Crippen LogP contribution in [0.3, 0.4) is 0 Å². The van der Waals surface area contributed by atoms with Crippen molar-refractivity contribution < 1.29 is 4.79 Å². The smallest absolute Gasteiger partial charge is 0.274 e. The van der Waals surface area contributed by atoms with Crippen LogP contribution in [0.2, 0.25) is 0 Å². The Bertz CT molecular complexity index is 746. The van der Waals surface area contributed by atoms with Crippen molar-refractivity contribution in [3.63, 3.8) is 0 Å². The van der Waals surface area contributed by atoms with Gasteiger partial charge >= 0.3 is 0 Å². The first kappa shape index (κ1) is 17.7. The van der Waals surface area contributed by atoms with E-state index in [1.807, 2.05) is 28.0 Å². The molecule has 4 rings (SSSR count). The van der Waals surface area contributed by atoms with E-state index in [0.717, 1.165) is 58.2 Å². The number of hydrogen-bond donors (Lipinski definition) is 1. The molecule has 1 atom stereocenters. The number of nitrogens with one attached hydrogen (secondary N) is 1. The van der Waals surface area contributed by atoms with Crippen molar-refractivity contribution in [1.29, 1.82) is 0 Å². The van der Waals surface area contributed by atoms with Gasteiger partial charge in [-0.05, 0) is 56.4 Å². The largest absolute Gasteiger partial charge is 0.337 e. The normalized spacial score (nSPS) is 20.2. The third-order valence-corrected chi connectivity index (χ3v) is 6.62. The summed E-state index contributed by atoms with van der Waals surface area (Å²) in [6, 6.07) is 4.75. The lowest BCUT2D eigenvalue weighted by atomic mass is 9.91. The Hall–Kier alpha value is -1.66. The molecule has 1 unspecified atom stereocenters. The average molecular weight is 373 g/mol. The van der Waals surface area contributed by atoms with E-state index in [9.17, 15) is 4.79 Å². The summed E-state index contributed by atoms with van der Waals surface area (Å²) in [5.74, 6) is 0.140. The van der Waals surface area contributed by atoms with E-state index in [1.165, 1.54) is 22.6 Å². The number of aryl methyl sites for hydroxylation is 1. The topological polar surface area (TPSA) is 50.2 Å². The van der Waals surface area contributed by atoms with Crippen LogP contribution < -0.4 is 5.32 Å². The zero-order chi connectivity index (χ0) is 17.9. The summed E-state index contributed by atoms with van der Waals surface area (Å²) >= 11 is 1.82. The number of nitrogens with zero attached hydrogens (tertiary/aromatic N) is 3. The van der Waals surface area contributed by atoms with Gasteiger partial charge in [-0.2, -0.15) is 5.10 Å². The predicted octanol–water partition coefficient (Wildman–Crippen LogP) is 2.80. The van der Waals surface area contributed by atoms with Gasteiger partial charge in [0.05, 0.1) is 0 Å². The molecular weight excluding hydrogens is 344 g/mol. The van der Waals surface area contributed by atoms with Crippen molar-refractivity contribution in [2.75, 3.05) is 19.6 Å². The van der Waals surface area contributed by atoms with Crippen LogP contribution in [0.4, 0.5) is 0 Å². The molecule has 1 fully saturated rings. The highest BCUT2D eigenvalue weighted by atomic mass is 32.1. The number of hydrogen-bond acceptors (Lipinski definition) is 4. The fourth-order valence-corrected chi connectivity index (χ4v) is 4.95. The SMILES string of the molecule is Cn1nc(C(=O)N2CCCCC2)c2c1CCC(NCCc1cccs1)C2. The zero-order valence-electron chi connectivity index (χ0n) is 15.5. The second kappa shape index (κ2) is 7.92. The first-order valence-corrected chi connectivity index (χ1v) is 10.7. The maximum Gasteiger partial charge on any atom is 0.274 e. The Morgan fingerprint density at radius 2 is 2.19 bits per heavy atom. The molecule has 1 amide bonds. The summed E-state index contributed by atoms with van der Waals surface area (Å²) in [7, 11) is 1.98. The van der Waals surface area contributed by atoms with Crippen molar-refractivity contribution in [1.82, 2.24) is 20.0 Å². The maximum atomic E-state index is 13.0. The van der Waals surface area contributed by atoms with Gasteiger partial charge in [0.15, 0.2) is 5.69 Å². The van der Waals surface area contributed by atoms with Crippen molar-refractivity contribution >= 4 is 17.2 Å². The van der Waals surface area contributed by atoms with Crippen LogP contribution in [0, 0.1) is 0 Å². The van der Waals surface area contributed by atoms with E-state index in [4.69, 9.17) is 0 Å². The highest BCUT2D eigenvalue weighted by molar-refractivity contribution is 7.09. The van der Waals surface area contributed by atoms with Gasteiger partial charge in [0.25, 0.3) is 5.91 Å². The van der Waals surface area contributed by atoms with Crippen LogP contribution >= 0.6 is 11.3 Å². The lowest BCUT2D eigenvalue weighted by Gasteiger charge is -2.27. The van der Waals surface area contributed by atoms with Crippen LogP contribution in [0.5, 0.6) is 0 Å². The van der Waals surface area contributed by atoms with Crippen molar-refractivity contribution in [3.8, 4) is 0 Å². The quantitative estimate of drug-likeness (QED) is 0.878. The molecule has 0 aromatic carbocycles. The molecule has 3 heterocycles. The monoisotopic (exact) mass is 372 g/mol. The number of aromatic nitrogens is 2. The second-order valence-electron chi connectivity index (χ2n) is 7.47. The number of rotatable bonds is 5. The van der Waals surface area contributed by atoms with Gasteiger partial charge in [-0.3, -0.25) is 9.48 Å². The summed E-state index contributed by atoms with van der Waals surface area (Å²) in [5, 5.41) is 10.5. The van der Waals surface area contributed by atoms with Crippen LogP contribution in [0.25, 0.3) is 0 Å². The number of piperidine rings is 1. The van der Waals surface area contributed by atoms with Gasteiger partial charge in [-0.15, -0.1) is 11.3 Å². The molecule has 140 valence electrons. The van der Waals surface area contributed by atoms with Gasteiger partial charge in [-0.25, -0.2) is 0 Å². The van der Waals surface area contributed by atoms with Gasteiger partial charge in [0, 0.05) is 48.9 Å². The van der Waals surface area contributed by atoms with Crippen LogP contribution in [0.15, 0.2) is 17.5 Å². The molecule has 0 saturated carbocycles. The van der Waals surface area contributed by atoms with E-state index >= 15 is 0 Å². The Kier molecular flexibility index (Phi) is 5.41.